The molecule has 0 amide bonds. The summed E-state index contributed by atoms with van der Waals surface area (Å²) in [4.78, 5) is 10.2. The molecule has 0 aliphatic heterocycles. The van der Waals surface area contributed by atoms with Gasteiger partial charge >= 0.3 is 5.69 Å². The van der Waals surface area contributed by atoms with Crippen LogP contribution in [0.1, 0.15) is 11.4 Å². The van der Waals surface area contributed by atoms with E-state index in [0.717, 1.165) is 0 Å². The molecule has 16 heavy (non-hydrogen) atoms. The van der Waals surface area contributed by atoms with E-state index in [9.17, 15) is 10.1 Å². The lowest BCUT2D eigenvalue weighted by molar-refractivity contribution is -0.386. The average Bonchev–Trinajstić information content (AvgIpc) is 2.45. The van der Waals surface area contributed by atoms with Gasteiger partial charge in [0.2, 0.25) is 0 Å². The monoisotopic (exact) mass is 357 g/mol. The first-order chi connectivity index (χ1) is 7.41. The highest BCUT2D eigenvalue weighted by Crippen LogP contribution is 2.25. The van der Waals surface area contributed by atoms with Crippen molar-refractivity contribution < 1.29 is 15.1 Å². The number of nitrogens with zero attached hydrogens (tertiary/aromatic N) is 2. The fraction of sp³-hybridized carbons (Fsp3) is 0.571. The number of hydrogen-bond donors (Lipinski definition) is 3. The van der Waals surface area contributed by atoms with Crippen LogP contribution < -0.4 is 0 Å². The summed E-state index contributed by atoms with van der Waals surface area (Å²) in [7, 11) is 0. The summed E-state index contributed by atoms with van der Waals surface area (Å²) >= 11 is 5.76. The van der Waals surface area contributed by atoms with Gasteiger partial charge in [0.15, 0.2) is 0 Å². The molecular weight excluding hydrogens is 350 g/mol. The first kappa shape index (κ1) is 13.6. The SMILES string of the molecule is O=[N+]([O-])c1c(CC(O)Br)n[nH]c1CC(O)Br. The van der Waals surface area contributed by atoms with Crippen LogP contribution in [-0.2, 0) is 12.8 Å². The number of aromatic nitrogens is 2. The Morgan fingerprint density at radius 3 is 2.38 bits per heavy atom. The van der Waals surface area contributed by atoms with Gasteiger partial charge in [0.25, 0.3) is 0 Å². The lowest BCUT2D eigenvalue weighted by Gasteiger charge is -2.00. The van der Waals surface area contributed by atoms with E-state index in [1.165, 1.54) is 0 Å². The van der Waals surface area contributed by atoms with Crippen molar-refractivity contribution in [2.24, 2.45) is 0 Å². The Kier molecular flexibility index (Phi) is 4.84. The first-order valence-corrected chi connectivity index (χ1v) is 6.09. The summed E-state index contributed by atoms with van der Waals surface area (Å²) < 4.78 is 0. The van der Waals surface area contributed by atoms with Gasteiger partial charge in [0.1, 0.15) is 21.4 Å². The fourth-order valence-corrected chi connectivity index (χ4v) is 1.87. The molecule has 2 atom stereocenters. The number of aliphatic hydroxyl groups is 2. The summed E-state index contributed by atoms with van der Waals surface area (Å²) in [5.74, 6) is 0. The minimum atomic E-state index is -0.892. The minimum Gasteiger partial charge on any atom is -0.381 e. The van der Waals surface area contributed by atoms with E-state index in [1.807, 2.05) is 0 Å². The molecule has 0 aliphatic rings. The normalized spacial score (nSPS) is 14.8. The summed E-state index contributed by atoms with van der Waals surface area (Å²) in [5.41, 5.74) is 0.173. The van der Waals surface area contributed by atoms with Crippen molar-refractivity contribution in [3.05, 3.63) is 21.5 Å². The van der Waals surface area contributed by atoms with Crippen molar-refractivity contribution in [1.82, 2.24) is 10.2 Å². The molecule has 1 heterocycles. The number of aromatic amines is 1. The molecule has 0 saturated heterocycles. The molecule has 1 aromatic heterocycles. The third kappa shape index (κ3) is 3.51. The molecule has 0 aromatic carbocycles. The van der Waals surface area contributed by atoms with Gasteiger partial charge in [0.05, 0.1) is 4.92 Å². The number of hydrogen-bond acceptors (Lipinski definition) is 5. The Bertz CT molecular complexity index is 352. The lowest BCUT2D eigenvalue weighted by atomic mass is 10.2. The van der Waals surface area contributed by atoms with E-state index < -0.39 is 14.9 Å². The minimum absolute atomic E-state index is 0.0190. The standard InChI is InChI=1S/C7H9Br2N3O4/c8-5(13)1-3-7(12(15)16)4(11-10-3)2-6(9)14/h5-6,13-14H,1-2H2,(H,10,11). The van der Waals surface area contributed by atoms with Crippen LogP contribution in [0, 0.1) is 10.1 Å². The van der Waals surface area contributed by atoms with Crippen LogP contribution in [0.3, 0.4) is 0 Å². The van der Waals surface area contributed by atoms with Gasteiger partial charge in [-0.1, -0.05) is 31.9 Å². The van der Waals surface area contributed by atoms with Gasteiger partial charge < -0.3 is 10.2 Å². The van der Waals surface area contributed by atoms with Crippen LogP contribution in [-0.4, -0.2) is 35.4 Å². The third-order valence-electron chi connectivity index (χ3n) is 1.80. The highest BCUT2D eigenvalue weighted by molar-refractivity contribution is 9.09. The van der Waals surface area contributed by atoms with E-state index in [0.29, 0.717) is 0 Å². The van der Waals surface area contributed by atoms with Crippen molar-refractivity contribution in [3.63, 3.8) is 0 Å². The highest BCUT2D eigenvalue weighted by atomic mass is 79.9. The summed E-state index contributed by atoms with van der Waals surface area (Å²) in [6.45, 7) is 0. The molecule has 90 valence electrons. The summed E-state index contributed by atoms with van der Waals surface area (Å²) in [5, 5.41) is 33.4. The average molecular weight is 359 g/mol. The smallest absolute Gasteiger partial charge is 0.313 e. The van der Waals surface area contributed by atoms with Crippen LogP contribution in [0.15, 0.2) is 0 Å². The summed E-state index contributed by atoms with van der Waals surface area (Å²) in [6, 6.07) is 0. The number of alkyl halides is 2. The molecule has 3 N–H and O–H groups in total. The molecule has 1 rings (SSSR count). The first-order valence-electron chi connectivity index (χ1n) is 4.26. The Morgan fingerprint density at radius 2 is 1.94 bits per heavy atom. The van der Waals surface area contributed by atoms with Crippen molar-refractivity contribution in [2.45, 2.75) is 22.9 Å². The quantitative estimate of drug-likeness (QED) is 0.410. The third-order valence-corrected chi connectivity index (χ3v) is 2.45. The topological polar surface area (TPSA) is 112 Å². The highest BCUT2D eigenvalue weighted by Gasteiger charge is 2.26. The van der Waals surface area contributed by atoms with Crippen molar-refractivity contribution >= 4 is 37.5 Å². The molecular formula is C7H9Br2N3O4. The second kappa shape index (κ2) is 5.71. The maximum Gasteiger partial charge on any atom is 0.313 e. The zero-order valence-corrected chi connectivity index (χ0v) is 11.1. The van der Waals surface area contributed by atoms with E-state index in [1.54, 1.807) is 0 Å². The number of nitrogens with one attached hydrogen (secondary N) is 1. The number of aliphatic hydroxyl groups excluding tert-OH is 2. The number of halogens is 2. The molecule has 2 unspecified atom stereocenters. The van der Waals surface area contributed by atoms with Crippen molar-refractivity contribution in [1.29, 1.82) is 0 Å². The Hall–Kier alpha value is -0.510. The molecule has 0 spiro atoms. The van der Waals surface area contributed by atoms with E-state index in [4.69, 9.17) is 10.2 Å². The van der Waals surface area contributed by atoms with Crippen LogP contribution in [0.4, 0.5) is 5.69 Å². The van der Waals surface area contributed by atoms with Gasteiger partial charge in [-0.15, -0.1) is 0 Å². The van der Waals surface area contributed by atoms with Crippen LogP contribution >= 0.6 is 31.9 Å². The summed E-state index contributed by atoms with van der Waals surface area (Å²) in [6.07, 6.45) is 0.0624. The Morgan fingerprint density at radius 1 is 1.38 bits per heavy atom. The van der Waals surface area contributed by atoms with Gasteiger partial charge in [-0.25, -0.2) is 0 Å². The molecule has 0 bridgehead atoms. The van der Waals surface area contributed by atoms with Gasteiger partial charge in [0, 0.05) is 12.8 Å². The number of rotatable bonds is 5. The van der Waals surface area contributed by atoms with Gasteiger partial charge in [-0.05, 0) is 0 Å². The Balaban J connectivity index is 3.02. The number of nitro groups is 1. The molecule has 0 fully saturated rings. The zero-order valence-electron chi connectivity index (χ0n) is 7.93. The predicted octanol–water partition coefficient (Wildman–Crippen LogP) is 0.829. The largest absolute Gasteiger partial charge is 0.381 e. The maximum atomic E-state index is 10.8. The fourth-order valence-electron chi connectivity index (χ4n) is 1.24. The van der Waals surface area contributed by atoms with E-state index in [2.05, 4.69) is 42.1 Å². The van der Waals surface area contributed by atoms with E-state index >= 15 is 0 Å². The second-order valence-electron chi connectivity index (χ2n) is 3.03. The van der Waals surface area contributed by atoms with Gasteiger partial charge in [-0.3, -0.25) is 15.2 Å². The number of H-pyrrole nitrogens is 1. The Labute approximate surface area is 107 Å². The predicted molar refractivity (Wildman–Crippen MR) is 62.5 cm³/mol. The molecule has 7 nitrogen and oxygen atoms in total. The van der Waals surface area contributed by atoms with Crippen LogP contribution in [0.25, 0.3) is 0 Å². The molecule has 1 aromatic rings. The van der Waals surface area contributed by atoms with Crippen molar-refractivity contribution in [3.8, 4) is 0 Å². The molecule has 9 heteroatoms. The van der Waals surface area contributed by atoms with Crippen molar-refractivity contribution in [2.75, 3.05) is 0 Å². The molecule has 0 radical (unpaired) electrons. The van der Waals surface area contributed by atoms with Gasteiger partial charge in [-0.2, -0.15) is 5.10 Å². The second-order valence-corrected chi connectivity index (χ2v) is 5.15. The molecule has 0 saturated carbocycles. The van der Waals surface area contributed by atoms with E-state index in [-0.39, 0.29) is 29.9 Å². The molecule has 0 aliphatic carbocycles. The maximum absolute atomic E-state index is 10.8. The van der Waals surface area contributed by atoms with Crippen LogP contribution in [0.2, 0.25) is 0 Å². The zero-order chi connectivity index (χ0) is 12.3. The lowest BCUT2D eigenvalue weighted by Crippen LogP contribution is -2.06. The van der Waals surface area contributed by atoms with Crippen LogP contribution in [0.5, 0.6) is 0 Å².